The zero-order chi connectivity index (χ0) is 9.90. The van der Waals surface area contributed by atoms with Crippen LogP contribution in [-0.2, 0) is 16.8 Å². The van der Waals surface area contributed by atoms with Gasteiger partial charge in [0.05, 0.1) is 5.69 Å². The van der Waals surface area contributed by atoms with Crippen molar-refractivity contribution >= 4 is 16.0 Å². The van der Waals surface area contributed by atoms with Gasteiger partial charge >= 0.3 is 10.3 Å². The maximum atomic E-state index is 10.4. The van der Waals surface area contributed by atoms with Crippen molar-refractivity contribution in [2.45, 2.75) is 6.54 Å². The van der Waals surface area contributed by atoms with Crippen molar-refractivity contribution < 1.29 is 13.0 Å². The summed E-state index contributed by atoms with van der Waals surface area (Å²) in [6, 6.07) is 6.40. The van der Waals surface area contributed by atoms with Crippen molar-refractivity contribution in [3.05, 3.63) is 29.8 Å². The molecule has 0 saturated carbocycles. The fraction of sp³-hybridized carbons (Fsp3) is 0.143. The van der Waals surface area contributed by atoms with Gasteiger partial charge in [-0.2, -0.15) is 8.42 Å². The predicted molar refractivity (Wildman–Crippen MR) is 49.5 cm³/mol. The van der Waals surface area contributed by atoms with E-state index in [0.29, 0.717) is 12.2 Å². The molecule has 6 heteroatoms. The normalized spacial score (nSPS) is 11.2. The molecule has 0 atom stereocenters. The zero-order valence-electron chi connectivity index (χ0n) is 6.77. The van der Waals surface area contributed by atoms with Crippen LogP contribution >= 0.6 is 0 Å². The summed E-state index contributed by atoms with van der Waals surface area (Å²) in [5.74, 6) is 0. The number of nitrogens with two attached hydrogens (primary N) is 1. The first kappa shape index (κ1) is 9.97. The van der Waals surface area contributed by atoms with E-state index in [9.17, 15) is 8.42 Å². The number of hydrogen-bond acceptors (Lipinski definition) is 3. The van der Waals surface area contributed by atoms with E-state index in [1.165, 1.54) is 12.1 Å². The van der Waals surface area contributed by atoms with Crippen LogP contribution in [0.4, 0.5) is 5.69 Å². The molecule has 0 radical (unpaired) electrons. The molecule has 0 aliphatic heterocycles. The molecule has 4 N–H and O–H groups in total. The third-order valence-corrected chi connectivity index (χ3v) is 1.93. The third kappa shape index (κ3) is 3.41. The number of rotatable bonds is 3. The molecule has 0 spiro atoms. The molecule has 13 heavy (non-hydrogen) atoms. The molecular weight excluding hydrogens is 192 g/mol. The van der Waals surface area contributed by atoms with Crippen LogP contribution in [0.1, 0.15) is 5.56 Å². The number of benzene rings is 1. The average Bonchev–Trinajstić information content (AvgIpc) is 2.03. The Kier molecular flexibility index (Phi) is 2.86. The van der Waals surface area contributed by atoms with Crippen molar-refractivity contribution in [2.75, 3.05) is 4.72 Å². The lowest BCUT2D eigenvalue weighted by Gasteiger charge is -2.02. The topological polar surface area (TPSA) is 92.4 Å². The standard InChI is InChI=1S/C7H10N2O3S/c8-5-6-1-3-7(4-2-6)9-13(10,11)12/h1-4,9H,5,8H2,(H,10,11,12). The van der Waals surface area contributed by atoms with Gasteiger partial charge in [-0.25, -0.2) is 0 Å². The van der Waals surface area contributed by atoms with Crippen molar-refractivity contribution in [1.29, 1.82) is 0 Å². The highest BCUT2D eigenvalue weighted by molar-refractivity contribution is 7.87. The van der Waals surface area contributed by atoms with Crippen LogP contribution in [0.25, 0.3) is 0 Å². The molecule has 5 nitrogen and oxygen atoms in total. The van der Waals surface area contributed by atoms with Crippen LogP contribution in [0.5, 0.6) is 0 Å². The van der Waals surface area contributed by atoms with E-state index < -0.39 is 10.3 Å². The van der Waals surface area contributed by atoms with Gasteiger partial charge in [0.1, 0.15) is 0 Å². The molecule has 0 aliphatic rings. The monoisotopic (exact) mass is 202 g/mol. The molecular formula is C7H10N2O3S. The highest BCUT2D eigenvalue weighted by atomic mass is 32.2. The number of anilines is 1. The van der Waals surface area contributed by atoms with E-state index >= 15 is 0 Å². The fourth-order valence-electron chi connectivity index (χ4n) is 0.858. The van der Waals surface area contributed by atoms with Crippen LogP contribution in [-0.4, -0.2) is 13.0 Å². The molecule has 0 unspecified atom stereocenters. The van der Waals surface area contributed by atoms with E-state index in [-0.39, 0.29) is 0 Å². The summed E-state index contributed by atoms with van der Waals surface area (Å²) in [7, 11) is -4.18. The summed E-state index contributed by atoms with van der Waals surface area (Å²) < 4.78 is 31.1. The van der Waals surface area contributed by atoms with Crippen LogP contribution in [0, 0.1) is 0 Å². The molecule has 1 aromatic rings. The Morgan fingerprint density at radius 1 is 1.31 bits per heavy atom. The molecule has 0 fully saturated rings. The fourth-order valence-corrected chi connectivity index (χ4v) is 1.29. The van der Waals surface area contributed by atoms with Gasteiger partial charge < -0.3 is 5.73 Å². The van der Waals surface area contributed by atoms with Gasteiger partial charge in [0, 0.05) is 6.54 Å². The van der Waals surface area contributed by atoms with Crippen LogP contribution in [0.3, 0.4) is 0 Å². The first-order valence-electron chi connectivity index (χ1n) is 3.55. The summed E-state index contributed by atoms with van der Waals surface area (Å²) in [6.07, 6.45) is 0. The van der Waals surface area contributed by atoms with Crippen LogP contribution in [0.15, 0.2) is 24.3 Å². The van der Waals surface area contributed by atoms with E-state index in [1.54, 1.807) is 12.1 Å². The summed E-state index contributed by atoms with van der Waals surface area (Å²) in [4.78, 5) is 0. The largest absolute Gasteiger partial charge is 0.357 e. The van der Waals surface area contributed by atoms with Gasteiger partial charge in [-0.3, -0.25) is 9.27 Å². The third-order valence-electron chi connectivity index (χ3n) is 1.44. The van der Waals surface area contributed by atoms with Gasteiger partial charge in [0.2, 0.25) is 0 Å². The lowest BCUT2D eigenvalue weighted by atomic mass is 10.2. The van der Waals surface area contributed by atoms with Gasteiger partial charge in [-0.1, -0.05) is 12.1 Å². The summed E-state index contributed by atoms with van der Waals surface area (Å²) >= 11 is 0. The Morgan fingerprint density at radius 3 is 2.23 bits per heavy atom. The molecule has 0 aromatic heterocycles. The van der Waals surface area contributed by atoms with Crippen LogP contribution < -0.4 is 10.5 Å². The number of hydrogen-bond donors (Lipinski definition) is 3. The van der Waals surface area contributed by atoms with E-state index in [4.69, 9.17) is 10.3 Å². The SMILES string of the molecule is NCc1ccc(NS(=O)(=O)O)cc1. The van der Waals surface area contributed by atoms with E-state index in [2.05, 4.69) is 0 Å². The maximum absolute atomic E-state index is 10.4. The summed E-state index contributed by atoms with van der Waals surface area (Å²) in [6.45, 7) is 0.395. The molecule has 0 amide bonds. The zero-order valence-corrected chi connectivity index (χ0v) is 7.58. The smallest absolute Gasteiger partial charge is 0.326 e. The van der Waals surface area contributed by atoms with Gasteiger partial charge in [-0.15, -0.1) is 0 Å². The maximum Gasteiger partial charge on any atom is 0.357 e. The predicted octanol–water partition coefficient (Wildman–Crippen LogP) is 0.360. The summed E-state index contributed by atoms with van der Waals surface area (Å²) in [5, 5.41) is 0. The Bertz CT molecular complexity index is 371. The second kappa shape index (κ2) is 3.73. The van der Waals surface area contributed by atoms with Crippen molar-refractivity contribution in [3.63, 3.8) is 0 Å². The van der Waals surface area contributed by atoms with Gasteiger partial charge in [0.15, 0.2) is 0 Å². The Labute approximate surface area is 76.5 Å². The Hall–Kier alpha value is -1.11. The second-order valence-electron chi connectivity index (χ2n) is 2.48. The van der Waals surface area contributed by atoms with Crippen molar-refractivity contribution in [2.24, 2.45) is 5.73 Å². The highest BCUT2D eigenvalue weighted by Gasteiger charge is 2.02. The molecule has 1 rings (SSSR count). The quantitative estimate of drug-likeness (QED) is 0.617. The molecule has 0 heterocycles. The van der Waals surface area contributed by atoms with E-state index in [1.807, 2.05) is 4.72 Å². The number of nitrogens with one attached hydrogen (secondary N) is 1. The first-order valence-corrected chi connectivity index (χ1v) is 4.99. The average molecular weight is 202 g/mol. The lowest BCUT2D eigenvalue weighted by molar-refractivity contribution is 0.489. The molecule has 72 valence electrons. The minimum absolute atomic E-state index is 0.305. The molecule has 0 saturated heterocycles. The van der Waals surface area contributed by atoms with Crippen molar-refractivity contribution in [1.82, 2.24) is 0 Å². The second-order valence-corrected chi connectivity index (χ2v) is 3.63. The summed E-state index contributed by atoms with van der Waals surface area (Å²) in [5.41, 5.74) is 6.53. The van der Waals surface area contributed by atoms with Crippen molar-refractivity contribution in [3.8, 4) is 0 Å². The van der Waals surface area contributed by atoms with Gasteiger partial charge in [0.25, 0.3) is 0 Å². The van der Waals surface area contributed by atoms with E-state index in [0.717, 1.165) is 5.56 Å². The lowest BCUT2D eigenvalue weighted by Crippen LogP contribution is -2.10. The molecule has 0 bridgehead atoms. The van der Waals surface area contributed by atoms with Gasteiger partial charge in [-0.05, 0) is 17.7 Å². The van der Waals surface area contributed by atoms with Crippen LogP contribution in [0.2, 0.25) is 0 Å². The Balaban J connectivity index is 2.81. The highest BCUT2D eigenvalue weighted by Crippen LogP contribution is 2.09. The minimum atomic E-state index is -4.18. The first-order chi connectivity index (χ1) is 6.01. The Morgan fingerprint density at radius 2 is 1.85 bits per heavy atom. The molecule has 1 aromatic carbocycles. The molecule has 0 aliphatic carbocycles. The minimum Gasteiger partial charge on any atom is -0.326 e.